The van der Waals surface area contributed by atoms with Crippen LogP contribution in [0.25, 0.3) is 31.6 Å². The Morgan fingerprint density at radius 3 is 2.53 bits per heavy atom. The predicted octanol–water partition coefficient (Wildman–Crippen LogP) is 6.79. The van der Waals surface area contributed by atoms with Gasteiger partial charge in [-0.2, -0.15) is 0 Å². The van der Waals surface area contributed by atoms with E-state index in [1.54, 1.807) is 29.5 Å². The van der Waals surface area contributed by atoms with Crippen LogP contribution in [0.5, 0.6) is 0 Å². The highest BCUT2D eigenvalue weighted by molar-refractivity contribution is 7.92. The van der Waals surface area contributed by atoms with Crippen molar-refractivity contribution in [1.82, 2.24) is 4.98 Å². The summed E-state index contributed by atoms with van der Waals surface area (Å²) in [6.07, 6.45) is 4.67. The van der Waals surface area contributed by atoms with Gasteiger partial charge in [0.05, 0.1) is 31.8 Å². The van der Waals surface area contributed by atoms with Gasteiger partial charge >= 0.3 is 5.97 Å². The first-order chi connectivity index (χ1) is 16.3. The number of rotatable bonds is 5. The van der Waals surface area contributed by atoms with E-state index in [4.69, 9.17) is 4.98 Å². The summed E-state index contributed by atoms with van der Waals surface area (Å²) in [6, 6.07) is 13.0. The number of aromatic carboxylic acids is 1. The number of aryl methyl sites for hydroxylation is 2. The number of thiophene rings is 1. The molecule has 5 nitrogen and oxygen atoms in total. The average molecular weight is 494 g/mol. The number of pyridine rings is 1. The van der Waals surface area contributed by atoms with E-state index in [2.05, 4.69) is 6.07 Å². The summed E-state index contributed by atoms with van der Waals surface area (Å²) in [4.78, 5) is 18.4. The zero-order valence-electron chi connectivity index (χ0n) is 19.3. The van der Waals surface area contributed by atoms with Gasteiger partial charge in [-0.15, -0.1) is 11.3 Å². The maximum atomic E-state index is 13.7. The molecule has 0 unspecified atom stereocenters. The SMILES string of the molecule is CCc1ccc(S(=O)(=O)C2CCCCC2)c2c(C(=O)O)cc(-c3sc4ccccc4c3C)nc12. The van der Waals surface area contributed by atoms with E-state index in [0.29, 0.717) is 30.5 Å². The summed E-state index contributed by atoms with van der Waals surface area (Å²) >= 11 is 1.58. The van der Waals surface area contributed by atoms with Crippen LogP contribution in [0.4, 0.5) is 0 Å². The smallest absolute Gasteiger partial charge is 0.336 e. The molecule has 1 aliphatic rings. The normalized spacial score (nSPS) is 15.2. The Bertz CT molecular complexity index is 1530. The van der Waals surface area contributed by atoms with Gasteiger partial charge in [-0.25, -0.2) is 18.2 Å². The predicted molar refractivity (Wildman–Crippen MR) is 138 cm³/mol. The lowest BCUT2D eigenvalue weighted by molar-refractivity contribution is 0.0699. The molecule has 34 heavy (non-hydrogen) atoms. The summed E-state index contributed by atoms with van der Waals surface area (Å²) in [5, 5.41) is 11.1. The van der Waals surface area contributed by atoms with Gasteiger partial charge in [-0.1, -0.05) is 50.5 Å². The Kier molecular flexibility index (Phi) is 5.94. The average Bonchev–Trinajstić information content (AvgIpc) is 3.19. The molecule has 0 amide bonds. The van der Waals surface area contributed by atoms with Crippen LogP contribution in [0, 0.1) is 6.92 Å². The number of hydrogen-bond acceptors (Lipinski definition) is 5. The van der Waals surface area contributed by atoms with Crippen molar-refractivity contribution in [1.29, 1.82) is 0 Å². The number of fused-ring (bicyclic) bond motifs is 2. The van der Waals surface area contributed by atoms with Crippen LogP contribution in [0.1, 0.15) is 60.5 Å². The number of hydrogen-bond donors (Lipinski definition) is 1. The molecule has 2 aromatic heterocycles. The molecule has 0 spiro atoms. The van der Waals surface area contributed by atoms with Crippen LogP contribution < -0.4 is 0 Å². The number of benzene rings is 2. The van der Waals surface area contributed by atoms with E-state index in [-0.39, 0.29) is 15.8 Å². The lowest BCUT2D eigenvalue weighted by Gasteiger charge is -2.23. The van der Waals surface area contributed by atoms with Gasteiger partial charge in [0.15, 0.2) is 9.84 Å². The molecule has 1 saturated carbocycles. The standard InChI is InChI=1S/C27H27NO4S2/c1-3-17-13-14-23(34(31,32)18-9-5-4-6-10-18)24-20(27(29)30)15-21(28-25(17)24)26-16(2)19-11-7-8-12-22(19)33-26/h7-8,11-15,18H,3-6,9-10H2,1-2H3,(H,29,30). The summed E-state index contributed by atoms with van der Waals surface area (Å²) in [6.45, 7) is 3.99. The van der Waals surface area contributed by atoms with Crippen molar-refractivity contribution in [2.24, 2.45) is 0 Å². The Morgan fingerprint density at radius 2 is 1.85 bits per heavy atom. The Hall–Kier alpha value is -2.77. The second-order valence-corrected chi connectivity index (χ2v) is 12.3. The minimum Gasteiger partial charge on any atom is -0.478 e. The second kappa shape index (κ2) is 8.78. The molecule has 1 fully saturated rings. The van der Waals surface area contributed by atoms with Crippen LogP contribution in [0.15, 0.2) is 47.4 Å². The fourth-order valence-electron chi connectivity index (χ4n) is 5.15. The molecule has 4 aromatic rings. The summed E-state index contributed by atoms with van der Waals surface area (Å²) in [5.41, 5.74) is 2.95. The molecule has 0 atom stereocenters. The fourth-order valence-corrected chi connectivity index (χ4v) is 8.38. The van der Waals surface area contributed by atoms with Gasteiger partial charge in [0.1, 0.15) is 0 Å². The first kappa shape index (κ1) is 23.0. The summed E-state index contributed by atoms with van der Waals surface area (Å²) < 4.78 is 28.5. The van der Waals surface area contributed by atoms with Crippen molar-refractivity contribution in [2.45, 2.75) is 62.5 Å². The largest absolute Gasteiger partial charge is 0.478 e. The lowest BCUT2D eigenvalue weighted by Crippen LogP contribution is -2.24. The minimum absolute atomic E-state index is 0.00143. The number of aromatic nitrogens is 1. The highest BCUT2D eigenvalue weighted by Crippen LogP contribution is 2.41. The van der Waals surface area contributed by atoms with Crippen molar-refractivity contribution >= 4 is 48.1 Å². The molecule has 2 heterocycles. The maximum Gasteiger partial charge on any atom is 0.336 e. The van der Waals surface area contributed by atoms with E-state index >= 15 is 0 Å². The summed E-state index contributed by atoms with van der Waals surface area (Å²) in [7, 11) is -3.68. The molecule has 176 valence electrons. The third kappa shape index (κ3) is 3.71. The number of carbonyl (C=O) groups is 1. The second-order valence-electron chi connectivity index (χ2n) is 9.02. The van der Waals surface area contributed by atoms with Gasteiger partial charge in [0.25, 0.3) is 0 Å². The van der Waals surface area contributed by atoms with Crippen molar-refractivity contribution in [3.63, 3.8) is 0 Å². The Morgan fingerprint density at radius 1 is 1.12 bits per heavy atom. The minimum atomic E-state index is -3.68. The molecule has 0 bridgehead atoms. The zero-order chi connectivity index (χ0) is 24.0. The van der Waals surface area contributed by atoms with Crippen molar-refractivity contribution in [2.75, 3.05) is 0 Å². The van der Waals surface area contributed by atoms with E-state index in [9.17, 15) is 18.3 Å². The van der Waals surface area contributed by atoms with Crippen molar-refractivity contribution < 1.29 is 18.3 Å². The molecule has 7 heteroatoms. The van der Waals surface area contributed by atoms with Crippen molar-refractivity contribution in [3.8, 4) is 10.6 Å². The van der Waals surface area contributed by atoms with Crippen molar-refractivity contribution in [3.05, 3.63) is 59.2 Å². The first-order valence-electron chi connectivity index (χ1n) is 11.7. The quantitative estimate of drug-likeness (QED) is 0.331. The van der Waals surface area contributed by atoms with Gasteiger partial charge in [-0.3, -0.25) is 0 Å². The maximum absolute atomic E-state index is 13.7. The Labute approximate surface area is 203 Å². The number of nitrogens with zero attached hydrogens (tertiary/aromatic N) is 1. The molecular formula is C27H27NO4S2. The Balaban J connectivity index is 1.81. The molecule has 0 radical (unpaired) electrons. The molecule has 5 rings (SSSR count). The monoisotopic (exact) mass is 493 g/mol. The zero-order valence-corrected chi connectivity index (χ0v) is 20.9. The van der Waals surface area contributed by atoms with E-state index in [1.165, 1.54) is 0 Å². The molecular weight excluding hydrogens is 466 g/mol. The number of sulfone groups is 1. The number of carboxylic acids is 1. The number of carboxylic acid groups (broad SMARTS) is 1. The molecule has 1 aliphatic carbocycles. The third-order valence-corrected chi connectivity index (χ3v) is 10.6. The molecule has 2 aromatic carbocycles. The van der Waals surface area contributed by atoms with Crippen LogP contribution >= 0.6 is 11.3 Å². The molecule has 0 saturated heterocycles. The van der Waals surface area contributed by atoms with Gasteiger partial charge < -0.3 is 5.11 Å². The molecule has 0 aliphatic heterocycles. The van der Waals surface area contributed by atoms with E-state index in [1.807, 2.05) is 32.0 Å². The third-order valence-electron chi connectivity index (χ3n) is 6.99. The van der Waals surface area contributed by atoms with Gasteiger partial charge in [0, 0.05) is 10.1 Å². The van der Waals surface area contributed by atoms with Crippen LogP contribution in [-0.4, -0.2) is 29.7 Å². The fraction of sp³-hybridized carbons (Fsp3) is 0.333. The van der Waals surface area contributed by atoms with E-state index < -0.39 is 21.1 Å². The molecule has 1 N–H and O–H groups in total. The van der Waals surface area contributed by atoms with Crippen LogP contribution in [0.3, 0.4) is 0 Å². The summed E-state index contributed by atoms with van der Waals surface area (Å²) in [5.74, 6) is -1.14. The first-order valence-corrected chi connectivity index (χ1v) is 14.1. The van der Waals surface area contributed by atoms with E-state index in [0.717, 1.165) is 45.4 Å². The van der Waals surface area contributed by atoms with Crippen LogP contribution in [-0.2, 0) is 16.3 Å². The van der Waals surface area contributed by atoms with Crippen LogP contribution in [0.2, 0.25) is 0 Å². The highest BCUT2D eigenvalue weighted by Gasteiger charge is 2.32. The van der Waals surface area contributed by atoms with Gasteiger partial charge in [0.2, 0.25) is 0 Å². The highest BCUT2D eigenvalue weighted by atomic mass is 32.2. The van der Waals surface area contributed by atoms with Gasteiger partial charge in [-0.05, 0) is 60.9 Å². The topological polar surface area (TPSA) is 84.3 Å². The lowest BCUT2D eigenvalue weighted by atomic mass is 10.0.